The third kappa shape index (κ3) is 6.12. The van der Waals surface area contributed by atoms with E-state index in [0.29, 0.717) is 11.4 Å². The molecular formula is C17H27N3O4S. The third-order valence-corrected chi connectivity index (χ3v) is 5.48. The lowest BCUT2D eigenvalue weighted by Crippen LogP contribution is -2.45. The van der Waals surface area contributed by atoms with Crippen LogP contribution in [0.5, 0.6) is 5.75 Å². The van der Waals surface area contributed by atoms with Crippen molar-refractivity contribution in [3.8, 4) is 5.75 Å². The van der Waals surface area contributed by atoms with Crippen LogP contribution in [0.25, 0.3) is 0 Å². The minimum Gasteiger partial charge on any atom is -0.497 e. The zero-order valence-electron chi connectivity index (χ0n) is 14.8. The maximum atomic E-state index is 12.1. The van der Waals surface area contributed by atoms with Gasteiger partial charge in [-0.05, 0) is 25.0 Å². The van der Waals surface area contributed by atoms with Gasteiger partial charge in [0.25, 0.3) is 0 Å². The Hall–Kier alpha value is -1.96. The molecule has 0 saturated heterocycles. The van der Waals surface area contributed by atoms with Crippen LogP contribution in [0, 0.1) is 0 Å². The van der Waals surface area contributed by atoms with Gasteiger partial charge in [-0.15, -0.1) is 0 Å². The first-order chi connectivity index (χ1) is 11.9. The van der Waals surface area contributed by atoms with Gasteiger partial charge in [-0.3, -0.25) is 4.31 Å². The molecule has 1 saturated carbocycles. The standard InChI is InChI=1S/C17H27N3O4S/c1-24-16-10-6-9-15(13-16)20(25(2,22)23)12-11-18-17(21)19-14-7-4-3-5-8-14/h6,9-10,13-14H,3-5,7-8,11-12H2,1-2H3,(H2,18,19,21). The maximum Gasteiger partial charge on any atom is 0.315 e. The number of methoxy groups -OCH3 is 1. The number of carbonyl (C=O) groups excluding carboxylic acids is 1. The number of anilines is 1. The fourth-order valence-electron chi connectivity index (χ4n) is 3.01. The fraction of sp³-hybridized carbons (Fsp3) is 0.588. The second-order valence-electron chi connectivity index (χ2n) is 6.27. The molecule has 2 amide bonds. The van der Waals surface area contributed by atoms with E-state index in [0.717, 1.165) is 31.9 Å². The van der Waals surface area contributed by atoms with E-state index in [9.17, 15) is 13.2 Å². The quantitative estimate of drug-likeness (QED) is 0.770. The Morgan fingerprint density at radius 1 is 1.28 bits per heavy atom. The monoisotopic (exact) mass is 369 g/mol. The number of nitrogens with zero attached hydrogens (tertiary/aromatic N) is 1. The van der Waals surface area contributed by atoms with Crippen LogP contribution in [0.4, 0.5) is 10.5 Å². The molecule has 140 valence electrons. The van der Waals surface area contributed by atoms with Crippen LogP contribution in [0.3, 0.4) is 0 Å². The molecule has 0 bridgehead atoms. The van der Waals surface area contributed by atoms with Crippen molar-refractivity contribution >= 4 is 21.7 Å². The number of urea groups is 1. The highest BCUT2D eigenvalue weighted by Crippen LogP contribution is 2.22. The molecule has 8 heteroatoms. The largest absolute Gasteiger partial charge is 0.497 e. The highest BCUT2D eigenvalue weighted by molar-refractivity contribution is 7.92. The summed E-state index contributed by atoms with van der Waals surface area (Å²) in [6.07, 6.45) is 6.67. The SMILES string of the molecule is COc1cccc(N(CCNC(=O)NC2CCCCC2)S(C)(=O)=O)c1. The molecule has 0 aliphatic heterocycles. The molecule has 1 aliphatic carbocycles. The second-order valence-corrected chi connectivity index (χ2v) is 8.18. The zero-order chi connectivity index (χ0) is 18.3. The van der Waals surface area contributed by atoms with E-state index in [-0.39, 0.29) is 25.2 Å². The van der Waals surface area contributed by atoms with Gasteiger partial charge >= 0.3 is 6.03 Å². The lowest BCUT2D eigenvalue weighted by Gasteiger charge is -2.25. The number of rotatable bonds is 7. The number of nitrogens with one attached hydrogen (secondary N) is 2. The average molecular weight is 369 g/mol. The van der Waals surface area contributed by atoms with E-state index in [4.69, 9.17) is 4.74 Å². The van der Waals surface area contributed by atoms with E-state index in [2.05, 4.69) is 10.6 Å². The van der Waals surface area contributed by atoms with E-state index in [1.165, 1.54) is 17.8 Å². The van der Waals surface area contributed by atoms with Crippen molar-refractivity contribution in [3.05, 3.63) is 24.3 Å². The number of benzene rings is 1. The molecule has 0 unspecified atom stereocenters. The van der Waals surface area contributed by atoms with E-state index >= 15 is 0 Å². The molecule has 0 aromatic heterocycles. The summed E-state index contributed by atoms with van der Waals surface area (Å²) in [7, 11) is -1.93. The molecular weight excluding hydrogens is 342 g/mol. The molecule has 1 aliphatic rings. The van der Waals surface area contributed by atoms with Gasteiger partial charge in [0, 0.05) is 18.7 Å². The van der Waals surface area contributed by atoms with Gasteiger partial charge in [0.05, 0.1) is 25.6 Å². The van der Waals surface area contributed by atoms with Gasteiger partial charge < -0.3 is 15.4 Å². The molecule has 1 aromatic carbocycles. The summed E-state index contributed by atoms with van der Waals surface area (Å²) in [6.45, 7) is 0.382. The number of sulfonamides is 1. The Bertz CT molecular complexity index is 672. The Morgan fingerprint density at radius 2 is 2.00 bits per heavy atom. The van der Waals surface area contributed by atoms with Crippen molar-refractivity contribution in [3.63, 3.8) is 0 Å². The minimum atomic E-state index is -3.46. The molecule has 0 atom stereocenters. The van der Waals surface area contributed by atoms with Crippen molar-refractivity contribution in [2.45, 2.75) is 38.1 Å². The summed E-state index contributed by atoms with van der Waals surface area (Å²) < 4.78 is 30.6. The first kappa shape index (κ1) is 19.4. The molecule has 2 N–H and O–H groups in total. The maximum absolute atomic E-state index is 12.1. The Kier molecular flexibility index (Phi) is 6.92. The number of hydrogen-bond acceptors (Lipinski definition) is 4. The fourth-order valence-corrected chi connectivity index (χ4v) is 3.93. The van der Waals surface area contributed by atoms with Crippen LogP contribution in [-0.2, 0) is 10.0 Å². The summed E-state index contributed by atoms with van der Waals surface area (Å²) in [5.74, 6) is 0.578. The summed E-state index contributed by atoms with van der Waals surface area (Å²) >= 11 is 0. The number of amides is 2. The van der Waals surface area contributed by atoms with Gasteiger partial charge in [-0.25, -0.2) is 13.2 Å². The van der Waals surface area contributed by atoms with Crippen LogP contribution >= 0.6 is 0 Å². The summed E-state index contributed by atoms with van der Waals surface area (Å²) in [5, 5.41) is 5.69. The van der Waals surface area contributed by atoms with E-state index < -0.39 is 10.0 Å². The lowest BCUT2D eigenvalue weighted by molar-refractivity contribution is 0.233. The molecule has 2 rings (SSSR count). The van der Waals surface area contributed by atoms with Gasteiger partial charge in [-0.1, -0.05) is 25.3 Å². The summed E-state index contributed by atoms with van der Waals surface area (Å²) in [6, 6.07) is 6.81. The van der Waals surface area contributed by atoms with Crippen LogP contribution < -0.4 is 19.7 Å². The van der Waals surface area contributed by atoms with Gasteiger partial charge in [-0.2, -0.15) is 0 Å². The third-order valence-electron chi connectivity index (χ3n) is 4.28. The predicted octanol–water partition coefficient (Wildman–Crippen LogP) is 2.09. The van der Waals surface area contributed by atoms with Gasteiger partial charge in [0.15, 0.2) is 0 Å². The Balaban J connectivity index is 1.90. The van der Waals surface area contributed by atoms with Crippen molar-refractivity contribution in [1.82, 2.24) is 10.6 Å². The topological polar surface area (TPSA) is 87.7 Å². The minimum absolute atomic E-state index is 0.157. The number of ether oxygens (including phenoxy) is 1. The summed E-state index contributed by atoms with van der Waals surface area (Å²) in [4.78, 5) is 12.0. The first-order valence-electron chi connectivity index (χ1n) is 8.56. The predicted molar refractivity (Wildman–Crippen MR) is 98.6 cm³/mol. The van der Waals surface area contributed by atoms with Crippen LogP contribution in [0.15, 0.2) is 24.3 Å². The van der Waals surface area contributed by atoms with Crippen LogP contribution in [-0.4, -0.2) is 46.9 Å². The highest BCUT2D eigenvalue weighted by Gasteiger charge is 2.19. The van der Waals surface area contributed by atoms with Gasteiger partial charge in [0.1, 0.15) is 5.75 Å². The molecule has 0 spiro atoms. The molecule has 25 heavy (non-hydrogen) atoms. The average Bonchev–Trinajstić information content (AvgIpc) is 2.58. The number of hydrogen-bond donors (Lipinski definition) is 2. The van der Waals surface area contributed by atoms with Crippen molar-refractivity contribution < 1.29 is 17.9 Å². The molecule has 0 radical (unpaired) electrons. The zero-order valence-corrected chi connectivity index (χ0v) is 15.6. The normalized spacial score (nSPS) is 15.4. The second kappa shape index (κ2) is 8.94. The molecule has 1 aromatic rings. The van der Waals surface area contributed by atoms with Gasteiger partial charge in [0.2, 0.25) is 10.0 Å². The Labute approximate surface area is 149 Å². The summed E-state index contributed by atoms with van der Waals surface area (Å²) in [5.41, 5.74) is 0.510. The van der Waals surface area contributed by atoms with Crippen LogP contribution in [0.2, 0.25) is 0 Å². The molecule has 1 fully saturated rings. The van der Waals surface area contributed by atoms with Crippen molar-refractivity contribution in [2.75, 3.05) is 30.8 Å². The van der Waals surface area contributed by atoms with Crippen LogP contribution in [0.1, 0.15) is 32.1 Å². The molecule has 0 heterocycles. The van der Waals surface area contributed by atoms with E-state index in [1.807, 2.05) is 0 Å². The van der Waals surface area contributed by atoms with Crippen molar-refractivity contribution in [2.24, 2.45) is 0 Å². The first-order valence-corrected chi connectivity index (χ1v) is 10.4. The smallest absolute Gasteiger partial charge is 0.315 e. The Morgan fingerprint density at radius 3 is 2.64 bits per heavy atom. The highest BCUT2D eigenvalue weighted by atomic mass is 32.2. The van der Waals surface area contributed by atoms with E-state index in [1.54, 1.807) is 24.3 Å². The van der Waals surface area contributed by atoms with Crippen molar-refractivity contribution in [1.29, 1.82) is 0 Å². The molecule has 7 nitrogen and oxygen atoms in total. The number of carbonyl (C=O) groups is 1. The lowest BCUT2D eigenvalue weighted by atomic mass is 9.96.